The van der Waals surface area contributed by atoms with E-state index in [4.69, 9.17) is 25.8 Å². The molecule has 0 unspecified atom stereocenters. The zero-order valence-corrected chi connectivity index (χ0v) is 21.0. The Balaban J connectivity index is 1.95. The van der Waals surface area contributed by atoms with E-state index in [0.717, 1.165) is 29.3 Å². The van der Waals surface area contributed by atoms with Gasteiger partial charge in [0.25, 0.3) is 5.91 Å². The maximum atomic E-state index is 13.9. The van der Waals surface area contributed by atoms with Crippen molar-refractivity contribution < 1.29 is 32.6 Å². The molecule has 0 saturated heterocycles. The first kappa shape index (κ1) is 27.1. The van der Waals surface area contributed by atoms with E-state index in [2.05, 4.69) is 5.32 Å². The minimum Gasteiger partial charge on any atom is -0.455 e. The molecule has 0 radical (unpaired) electrons. The Morgan fingerprint density at radius 3 is 2.19 bits per heavy atom. The summed E-state index contributed by atoms with van der Waals surface area (Å²) < 4.78 is 44.7. The van der Waals surface area contributed by atoms with Crippen LogP contribution in [0.15, 0.2) is 42.5 Å². The van der Waals surface area contributed by atoms with Crippen LogP contribution in [0.3, 0.4) is 0 Å². The van der Waals surface area contributed by atoms with Crippen LogP contribution in [0.5, 0.6) is 11.5 Å². The molecule has 0 aliphatic rings. The highest BCUT2D eigenvalue weighted by Gasteiger charge is 2.25. The molecule has 3 aromatic carbocycles. The summed E-state index contributed by atoms with van der Waals surface area (Å²) in [6.07, 6.45) is -0.915. The molecule has 0 saturated carbocycles. The molecule has 2 N–H and O–H groups in total. The minimum atomic E-state index is -1.24. The molecule has 7 nitrogen and oxygen atoms in total. The molecule has 0 aromatic heterocycles. The Morgan fingerprint density at radius 1 is 0.972 bits per heavy atom. The fourth-order valence-electron chi connectivity index (χ4n) is 3.56. The summed E-state index contributed by atoms with van der Waals surface area (Å²) in [6, 6.07) is 9.08. The second kappa shape index (κ2) is 11.5. The van der Waals surface area contributed by atoms with Crippen molar-refractivity contribution >= 4 is 29.2 Å². The SMILES string of the molecule is COC(OC)c1cc(NC(=O)NC(=O)c2c(F)cccc2F)c(C)c(Cl)c1Oc1ccc(C)cc1C. The second-order valence-corrected chi connectivity index (χ2v) is 8.34. The molecular formula is C26H25ClF2N2O5. The Morgan fingerprint density at radius 2 is 1.61 bits per heavy atom. The van der Waals surface area contributed by atoms with Gasteiger partial charge in [0.2, 0.25) is 0 Å². The van der Waals surface area contributed by atoms with Crippen LogP contribution in [-0.2, 0) is 9.47 Å². The number of hydrogen-bond acceptors (Lipinski definition) is 5. The quantitative estimate of drug-likeness (QED) is 0.345. The molecule has 36 heavy (non-hydrogen) atoms. The molecule has 3 rings (SSSR count). The number of amides is 3. The Bertz CT molecular complexity index is 1290. The third-order valence-electron chi connectivity index (χ3n) is 5.38. The van der Waals surface area contributed by atoms with Crippen LogP contribution in [0.1, 0.15) is 38.9 Å². The van der Waals surface area contributed by atoms with Crippen molar-refractivity contribution in [3.05, 3.63) is 86.9 Å². The first-order chi connectivity index (χ1) is 17.1. The lowest BCUT2D eigenvalue weighted by molar-refractivity contribution is -0.106. The number of anilines is 1. The van der Waals surface area contributed by atoms with Crippen molar-refractivity contribution in [2.45, 2.75) is 27.1 Å². The predicted molar refractivity (Wildman–Crippen MR) is 132 cm³/mol. The van der Waals surface area contributed by atoms with Crippen molar-refractivity contribution in [2.75, 3.05) is 19.5 Å². The van der Waals surface area contributed by atoms with Crippen LogP contribution < -0.4 is 15.4 Å². The van der Waals surface area contributed by atoms with Crippen LogP contribution in [0.25, 0.3) is 0 Å². The van der Waals surface area contributed by atoms with E-state index in [0.29, 0.717) is 16.9 Å². The number of urea groups is 1. The highest BCUT2D eigenvalue weighted by atomic mass is 35.5. The zero-order valence-electron chi connectivity index (χ0n) is 20.3. The van der Waals surface area contributed by atoms with Crippen LogP contribution in [0.4, 0.5) is 19.3 Å². The van der Waals surface area contributed by atoms with Gasteiger partial charge in [0, 0.05) is 19.9 Å². The van der Waals surface area contributed by atoms with Gasteiger partial charge in [-0.15, -0.1) is 0 Å². The molecule has 0 spiro atoms. The van der Waals surface area contributed by atoms with Gasteiger partial charge in [0.05, 0.1) is 10.6 Å². The number of benzene rings is 3. The lowest BCUT2D eigenvalue weighted by atomic mass is 10.1. The van der Waals surface area contributed by atoms with Gasteiger partial charge in [-0.05, 0) is 56.2 Å². The third-order valence-corrected chi connectivity index (χ3v) is 5.84. The number of carbonyl (C=O) groups excluding carboxylic acids is 2. The van der Waals surface area contributed by atoms with Crippen molar-refractivity contribution in [1.82, 2.24) is 5.32 Å². The summed E-state index contributed by atoms with van der Waals surface area (Å²) in [7, 11) is 2.84. The molecule has 0 heterocycles. The number of methoxy groups -OCH3 is 2. The number of carbonyl (C=O) groups is 2. The smallest absolute Gasteiger partial charge is 0.326 e. The van der Waals surface area contributed by atoms with E-state index in [1.165, 1.54) is 20.3 Å². The van der Waals surface area contributed by atoms with Gasteiger partial charge in [0.1, 0.15) is 22.9 Å². The van der Waals surface area contributed by atoms with Gasteiger partial charge in [0.15, 0.2) is 12.0 Å². The van der Waals surface area contributed by atoms with E-state index in [9.17, 15) is 18.4 Å². The predicted octanol–water partition coefficient (Wildman–Crippen LogP) is 6.59. The number of imide groups is 1. The molecule has 3 amide bonds. The third kappa shape index (κ3) is 5.81. The van der Waals surface area contributed by atoms with Gasteiger partial charge in [-0.25, -0.2) is 13.6 Å². The zero-order chi connectivity index (χ0) is 26.6. The maximum Gasteiger partial charge on any atom is 0.326 e. The van der Waals surface area contributed by atoms with Gasteiger partial charge >= 0.3 is 6.03 Å². The second-order valence-electron chi connectivity index (χ2n) is 7.96. The largest absolute Gasteiger partial charge is 0.455 e. The molecule has 3 aromatic rings. The first-order valence-corrected chi connectivity index (χ1v) is 11.1. The van der Waals surface area contributed by atoms with Crippen LogP contribution in [0.2, 0.25) is 5.02 Å². The van der Waals surface area contributed by atoms with E-state index in [1.807, 2.05) is 37.4 Å². The fraction of sp³-hybridized carbons (Fsp3) is 0.231. The molecule has 0 fully saturated rings. The molecule has 190 valence electrons. The van der Waals surface area contributed by atoms with Crippen molar-refractivity contribution in [2.24, 2.45) is 0 Å². The molecule has 0 aliphatic carbocycles. The van der Waals surface area contributed by atoms with Crippen molar-refractivity contribution in [1.29, 1.82) is 0 Å². The lowest BCUT2D eigenvalue weighted by Gasteiger charge is -2.23. The number of aryl methyl sites for hydroxylation is 2. The molecular weight excluding hydrogens is 494 g/mol. The van der Waals surface area contributed by atoms with Gasteiger partial charge in [-0.1, -0.05) is 35.4 Å². The fourth-order valence-corrected chi connectivity index (χ4v) is 3.81. The van der Waals surface area contributed by atoms with E-state index in [1.54, 1.807) is 6.92 Å². The van der Waals surface area contributed by atoms with Crippen LogP contribution >= 0.6 is 11.6 Å². The summed E-state index contributed by atoms with van der Waals surface area (Å²) >= 11 is 6.65. The number of halogens is 3. The number of rotatable bonds is 7. The Labute approximate surface area is 212 Å². The Kier molecular flexibility index (Phi) is 8.62. The maximum absolute atomic E-state index is 13.9. The van der Waals surface area contributed by atoms with Crippen LogP contribution in [0, 0.1) is 32.4 Å². The van der Waals surface area contributed by atoms with Gasteiger partial charge in [-0.3, -0.25) is 10.1 Å². The average Bonchev–Trinajstić information content (AvgIpc) is 2.81. The molecule has 0 atom stereocenters. The average molecular weight is 519 g/mol. The first-order valence-electron chi connectivity index (χ1n) is 10.8. The molecule has 0 aliphatic heterocycles. The van der Waals surface area contributed by atoms with E-state index in [-0.39, 0.29) is 16.5 Å². The number of ether oxygens (including phenoxy) is 3. The summed E-state index contributed by atoms with van der Waals surface area (Å²) in [5, 5.41) is 4.55. The topological polar surface area (TPSA) is 85.9 Å². The van der Waals surface area contributed by atoms with Crippen LogP contribution in [-0.4, -0.2) is 26.2 Å². The summed E-state index contributed by atoms with van der Waals surface area (Å²) in [5.74, 6) is -2.63. The number of hydrogen-bond donors (Lipinski definition) is 2. The normalized spacial score (nSPS) is 10.9. The lowest BCUT2D eigenvalue weighted by Crippen LogP contribution is -2.35. The number of nitrogens with one attached hydrogen (secondary N) is 2. The van der Waals surface area contributed by atoms with Crippen molar-refractivity contribution in [3.8, 4) is 11.5 Å². The van der Waals surface area contributed by atoms with E-state index >= 15 is 0 Å². The summed E-state index contributed by atoms with van der Waals surface area (Å²) in [5.41, 5.74) is 2.02. The van der Waals surface area contributed by atoms with Gasteiger partial charge < -0.3 is 19.5 Å². The monoisotopic (exact) mass is 518 g/mol. The molecule has 0 bridgehead atoms. The summed E-state index contributed by atoms with van der Waals surface area (Å²) in [6.45, 7) is 5.48. The van der Waals surface area contributed by atoms with Crippen molar-refractivity contribution in [3.63, 3.8) is 0 Å². The highest BCUT2D eigenvalue weighted by molar-refractivity contribution is 6.33. The van der Waals surface area contributed by atoms with Gasteiger partial charge in [-0.2, -0.15) is 0 Å². The minimum absolute atomic E-state index is 0.161. The standard InChI is InChI=1S/C26H25ClF2N2O5/c1-13-9-10-20(14(2)11-13)36-23-16(25(34-4)35-5)12-19(15(3)22(23)27)30-26(33)31-24(32)21-17(28)7-6-8-18(21)29/h6-12,25H,1-5H3,(H2,30,31,32,33). The summed E-state index contributed by atoms with van der Waals surface area (Å²) in [4.78, 5) is 24.8. The Hall–Kier alpha value is -3.53. The van der Waals surface area contributed by atoms with E-state index < -0.39 is 35.4 Å². The molecule has 10 heteroatoms. The highest BCUT2D eigenvalue weighted by Crippen LogP contribution is 2.43.